The molecule has 0 fully saturated rings. The summed E-state index contributed by atoms with van der Waals surface area (Å²) in [7, 11) is -4.22. The third-order valence-electron chi connectivity index (χ3n) is 2.37. The maximum atomic E-state index is 14.0. The van der Waals surface area contributed by atoms with Crippen LogP contribution in [0.4, 0.5) is 4.39 Å². The highest BCUT2D eigenvalue weighted by Crippen LogP contribution is 2.23. The summed E-state index contributed by atoms with van der Waals surface area (Å²) in [5.41, 5.74) is -0.352. The number of hydrogen-bond donors (Lipinski definition) is 2. The van der Waals surface area contributed by atoms with Crippen LogP contribution in [0.15, 0.2) is 21.5 Å². The summed E-state index contributed by atoms with van der Waals surface area (Å²) < 4.78 is 36.7. The summed E-state index contributed by atoms with van der Waals surface area (Å²) in [6.07, 6.45) is 1.63. The van der Waals surface area contributed by atoms with Gasteiger partial charge >= 0.3 is 0 Å². The van der Waals surface area contributed by atoms with E-state index in [1.807, 2.05) is 6.92 Å². The second-order valence-electron chi connectivity index (χ2n) is 3.92. The third-order valence-corrected chi connectivity index (χ3v) is 3.74. The van der Waals surface area contributed by atoms with Crippen LogP contribution in [0.1, 0.15) is 30.1 Å². The highest BCUT2D eigenvalue weighted by Gasteiger charge is 2.22. The Morgan fingerprint density at radius 1 is 1.47 bits per heavy atom. The highest BCUT2D eigenvalue weighted by atomic mass is 79.9. The molecule has 0 radical (unpaired) electrons. The minimum absolute atomic E-state index is 0.263. The van der Waals surface area contributed by atoms with Crippen molar-refractivity contribution in [3.8, 4) is 0 Å². The van der Waals surface area contributed by atoms with Crippen molar-refractivity contribution in [3.05, 3.63) is 28.0 Å². The van der Waals surface area contributed by atoms with Crippen LogP contribution < -0.4 is 10.5 Å². The van der Waals surface area contributed by atoms with Gasteiger partial charge in [-0.05, 0) is 18.6 Å². The number of benzene rings is 1. The largest absolute Gasteiger partial charge is 0.352 e. The molecule has 0 saturated carbocycles. The monoisotopic (exact) mass is 352 g/mol. The molecule has 106 valence electrons. The number of rotatable bonds is 5. The third kappa shape index (κ3) is 4.26. The van der Waals surface area contributed by atoms with Gasteiger partial charge in [0.05, 0.1) is 5.56 Å². The molecule has 1 aromatic rings. The molecule has 0 bridgehead atoms. The van der Waals surface area contributed by atoms with E-state index in [-0.39, 0.29) is 10.0 Å². The van der Waals surface area contributed by atoms with E-state index in [4.69, 9.17) is 5.14 Å². The molecule has 1 aromatic carbocycles. The first-order chi connectivity index (χ1) is 8.77. The maximum absolute atomic E-state index is 14.0. The predicted molar refractivity (Wildman–Crippen MR) is 72.7 cm³/mol. The van der Waals surface area contributed by atoms with Crippen molar-refractivity contribution in [1.29, 1.82) is 0 Å². The minimum Gasteiger partial charge on any atom is -0.352 e. The lowest BCUT2D eigenvalue weighted by Gasteiger charge is -2.09. The van der Waals surface area contributed by atoms with Gasteiger partial charge in [0, 0.05) is 11.0 Å². The van der Waals surface area contributed by atoms with Gasteiger partial charge in [0.15, 0.2) is 5.82 Å². The van der Waals surface area contributed by atoms with Crippen LogP contribution in [0.2, 0.25) is 0 Å². The molecule has 1 amide bonds. The predicted octanol–water partition coefficient (Wildman–Crippen LogP) is 1.77. The summed E-state index contributed by atoms with van der Waals surface area (Å²) in [5.74, 6) is -1.81. The van der Waals surface area contributed by atoms with Crippen LogP contribution in [-0.4, -0.2) is 20.9 Å². The Hall–Kier alpha value is -0.990. The lowest BCUT2D eigenvalue weighted by Crippen LogP contribution is -2.26. The number of nitrogens with one attached hydrogen (secondary N) is 1. The van der Waals surface area contributed by atoms with Crippen LogP contribution in [0.3, 0.4) is 0 Å². The number of sulfonamides is 1. The van der Waals surface area contributed by atoms with E-state index in [0.29, 0.717) is 6.54 Å². The standard InChI is InChI=1S/C11H14BrFN2O3S/c1-2-3-4-15-11(16)8-5-7(12)6-9(10(8)13)19(14,17)18/h5-6H,2-4H2,1H3,(H,15,16)(H2,14,17,18). The number of unbranched alkanes of at least 4 members (excludes halogenated alkanes) is 1. The summed E-state index contributed by atoms with van der Waals surface area (Å²) in [4.78, 5) is 11.1. The van der Waals surface area contributed by atoms with Crippen LogP contribution in [-0.2, 0) is 10.0 Å². The van der Waals surface area contributed by atoms with Gasteiger partial charge in [-0.3, -0.25) is 4.79 Å². The fourth-order valence-corrected chi connectivity index (χ4v) is 2.67. The first-order valence-corrected chi connectivity index (χ1v) is 7.91. The Morgan fingerprint density at radius 2 is 2.11 bits per heavy atom. The van der Waals surface area contributed by atoms with Gasteiger partial charge in [0.2, 0.25) is 10.0 Å². The van der Waals surface area contributed by atoms with E-state index in [1.54, 1.807) is 0 Å². The van der Waals surface area contributed by atoms with Gasteiger partial charge in [-0.25, -0.2) is 17.9 Å². The quantitative estimate of drug-likeness (QED) is 0.791. The van der Waals surface area contributed by atoms with Crippen molar-refractivity contribution in [2.45, 2.75) is 24.7 Å². The number of amides is 1. The van der Waals surface area contributed by atoms with E-state index >= 15 is 0 Å². The van der Waals surface area contributed by atoms with Crippen LogP contribution in [0.25, 0.3) is 0 Å². The van der Waals surface area contributed by atoms with E-state index < -0.39 is 26.6 Å². The summed E-state index contributed by atoms with van der Waals surface area (Å²) in [5, 5.41) is 7.41. The van der Waals surface area contributed by atoms with Crippen molar-refractivity contribution in [1.82, 2.24) is 5.32 Å². The number of hydrogen-bond acceptors (Lipinski definition) is 3. The molecule has 8 heteroatoms. The molecule has 0 aromatic heterocycles. The minimum atomic E-state index is -4.22. The summed E-state index contributed by atoms with van der Waals surface area (Å²) >= 11 is 3.02. The Kier molecular flexibility index (Phi) is 5.45. The zero-order valence-corrected chi connectivity index (χ0v) is 12.6. The Bertz CT molecular complexity index is 590. The maximum Gasteiger partial charge on any atom is 0.254 e. The highest BCUT2D eigenvalue weighted by molar-refractivity contribution is 9.10. The number of halogens is 2. The normalized spacial score (nSPS) is 11.4. The van der Waals surface area contributed by atoms with Crippen molar-refractivity contribution < 1.29 is 17.6 Å². The van der Waals surface area contributed by atoms with E-state index in [1.165, 1.54) is 6.07 Å². The first-order valence-electron chi connectivity index (χ1n) is 5.57. The Morgan fingerprint density at radius 3 is 2.63 bits per heavy atom. The molecule has 1 rings (SSSR count). The SMILES string of the molecule is CCCCNC(=O)c1cc(Br)cc(S(N)(=O)=O)c1F. The van der Waals surface area contributed by atoms with Gasteiger partial charge in [0.25, 0.3) is 5.91 Å². The molecular weight excluding hydrogens is 339 g/mol. The second-order valence-corrected chi connectivity index (χ2v) is 6.37. The topological polar surface area (TPSA) is 89.3 Å². The van der Waals surface area contributed by atoms with E-state index in [2.05, 4.69) is 21.2 Å². The van der Waals surface area contributed by atoms with E-state index in [0.717, 1.165) is 18.9 Å². The van der Waals surface area contributed by atoms with Crippen molar-refractivity contribution >= 4 is 31.9 Å². The number of primary sulfonamides is 1. The summed E-state index contributed by atoms with van der Waals surface area (Å²) in [6, 6.07) is 2.23. The van der Waals surface area contributed by atoms with Crippen LogP contribution >= 0.6 is 15.9 Å². The zero-order valence-electron chi connectivity index (χ0n) is 10.2. The number of carbonyl (C=O) groups is 1. The Balaban J connectivity index is 3.15. The lowest BCUT2D eigenvalue weighted by molar-refractivity contribution is 0.0948. The molecule has 0 aliphatic heterocycles. The molecule has 0 spiro atoms. The van der Waals surface area contributed by atoms with Gasteiger partial charge in [-0.15, -0.1) is 0 Å². The molecule has 19 heavy (non-hydrogen) atoms. The van der Waals surface area contributed by atoms with Gasteiger partial charge < -0.3 is 5.32 Å². The molecular formula is C11H14BrFN2O3S. The molecule has 3 N–H and O–H groups in total. The van der Waals surface area contributed by atoms with Gasteiger partial charge in [-0.1, -0.05) is 29.3 Å². The average Bonchev–Trinajstić information content (AvgIpc) is 2.30. The molecule has 0 aliphatic carbocycles. The van der Waals surface area contributed by atoms with Crippen molar-refractivity contribution in [2.75, 3.05) is 6.54 Å². The molecule has 0 heterocycles. The number of nitrogens with two attached hydrogens (primary N) is 1. The average molecular weight is 353 g/mol. The van der Waals surface area contributed by atoms with Gasteiger partial charge in [-0.2, -0.15) is 0 Å². The van der Waals surface area contributed by atoms with Crippen LogP contribution in [0.5, 0.6) is 0 Å². The van der Waals surface area contributed by atoms with E-state index in [9.17, 15) is 17.6 Å². The lowest BCUT2D eigenvalue weighted by atomic mass is 10.2. The molecule has 0 aliphatic rings. The molecule has 5 nitrogen and oxygen atoms in total. The first kappa shape index (κ1) is 16.1. The fourth-order valence-electron chi connectivity index (χ4n) is 1.41. The molecule has 0 unspecified atom stereocenters. The summed E-state index contributed by atoms with van der Waals surface area (Å²) in [6.45, 7) is 2.34. The van der Waals surface area contributed by atoms with Gasteiger partial charge in [0.1, 0.15) is 4.90 Å². The molecule has 0 atom stereocenters. The van der Waals surface area contributed by atoms with Crippen molar-refractivity contribution in [3.63, 3.8) is 0 Å². The van der Waals surface area contributed by atoms with Crippen molar-refractivity contribution in [2.24, 2.45) is 5.14 Å². The zero-order chi connectivity index (χ0) is 14.6. The Labute approximate surface area is 119 Å². The molecule has 0 saturated heterocycles. The second kappa shape index (κ2) is 6.44. The number of carbonyl (C=O) groups excluding carboxylic acids is 1. The smallest absolute Gasteiger partial charge is 0.254 e. The van der Waals surface area contributed by atoms with Crippen LogP contribution in [0, 0.1) is 5.82 Å². The fraction of sp³-hybridized carbons (Fsp3) is 0.364.